The van der Waals surface area contributed by atoms with Gasteiger partial charge in [-0.15, -0.1) is 0 Å². The van der Waals surface area contributed by atoms with Crippen LogP contribution < -0.4 is 10.6 Å². The van der Waals surface area contributed by atoms with Gasteiger partial charge < -0.3 is 20.8 Å². The molecule has 0 heterocycles. The second-order valence-corrected chi connectivity index (χ2v) is 5.53. The lowest BCUT2D eigenvalue weighted by molar-refractivity contribution is 0.0687. The molecule has 0 fully saturated rings. The molecule has 0 saturated heterocycles. The largest absolute Gasteiger partial charge is 0.478 e. The molecule has 3 aromatic rings. The average Bonchev–Trinajstić information content (AvgIpc) is 2.62. The highest BCUT2D eigenvalue weighted by atomic mass is 16.4. The van der Waals surface area contributed by atoms with Crippen molar-refractivity contribution in [2.75, 3.05) is 10.6 Å². The SMILES string of the molecule is O=C(O)c1ccccc1Nc1cccc(Nc2ccccc2C(=O)O)c1. The highest BCUT2D eigenvalue weighted by Crippen LogP contribution is 2.26. The van der Waals surface area contributed by atoms with Gasteiger partial charge in [0.1, 0.15) is 0 Å². The molecule has 0 bridgehead atoms. The summed E-state index contributed by atoms with van der Waals surface area (Å²) in [5, 5.41) is 24.7. The molecule has 0 aliphatic rings. The molecular weight excluding hydrogens is 332 g/mol. The first-order chi connectivity index (χ1) is 12.5. The highest BCUT2D eigenvalue weighted by Gasteiger charge is 2.11. The number of hydrogen-bond acceptors (Lipinski definition) is 4. The third-order valence-corrected chi connectivity index (χ3v) is 3.74. The number of carboxylic acids is 2. The minimum Gasteiger partial charge on any atom is -0.478 e. The van der Waals surface area contributed by atoms with Crippen LogP contribution in [0.25, 0.3) is 0 Å². The minimum atomic E-state index is -1.02. The van der Waals surface area contributed by atoms with E-state index in [1.54, 1.807) is 60.7 Å². The third kappa shape index (κ3) is 3.81. The van der Waals surface area contributed by atoms with E-state index in [0.29, 0.717) is 22.7 Å². The summed E-state index contributed by atoms with van der Waals surface area (Å²) in [7, 11) is 0. The smallest absolute Gasteiger partial charge is 0.337 e. The van der Waals surface area contributed by atoms with Gasteiger partial charge in [0.05, 0.1) is 22.5 Å². The summed E-state index contributed by atoms with van der Waals surface area (Å²) in [5.41, 5.74) is 2.64. The van der Waals surface area contributed by atoms with Crippen LogP contribution in [0, 0.1) is 0 Å². The van der Waals surface area contributed by atoms with E-state index < -0.39 is 11.9 Å². The predicted molar refractivity (Wildman–Crippen MR) is 99.8 cm³/mol. The minimum absolute atomic E-state index is 0.169. The number of rotatable bonds is 6. The Morgan fingerprint density at radius 2 is 1.04 bits per heavy atom. The van der Waals surface area contributed by atoms with Gasteiger partial charge in [-0.2, -0.15) is 0 Å². The lowest BCUT2D eigenvalue weighted by atomic mass is 10.1. The van der Waals surface area contributed by atoms with Crippen LogP contribution in [-0.4, -0.2) is 22.2 Å². The molecule has 0 aliphatic carbocycles. The molecule has 4 N–H and O–H groups in total. The Labute approximate surface area is 149 Å². The summed E-state index contributed by atoms with van der Waals surface area (Å²) in [5.74, 6) is -2.03. The fourth-order valence-electron chi connectivity index (χ4n) is 2.54. The van der Waals surface area contributed by atoms with Crippen LogP contribution in [0.4, 0.5) is 22.7 Å². The number of nitrogens with one attached hydrogen (secondary N) is 2. The molecule has 0 aromatic heterocycles. The van der Waals surface area contributed by atoms with Crippen molar-refractivity contribution in [3.8, 4) is 0 Å². The quantitative estimate of drug-likeness (QED) is 0.521. The molecule has 6 nitrogen and oxygen atoms in total. The maximum Gasteiger partial charge on any atom is 0.337 e. The van der Waals surface area contributed by atoms with Crippen molar-refractivity contribution in [2.24, 2.45) is 0 Å². The number of carboxylic acid groups (broad SMARTS) is 2. The number of aromatic carboxylic acids is 2. The Hall–Kier alpha value is -3.80. The third-order valence-electron chi connectivity index (χ3n) is 3.74. The normalized spacial score (nSPS) is 10.2. The first-order valence-electron chi connectivity index (χ1n) is 7.83. The van der Waals surface area contributed by atoms with E-state index in [-0.39, 0.29) is 11.1 Å². The molecule has 26 heavy (non-hydrogen) atoms. The van der Waals surface area contributed by atoms with Gasteiger partial charge in [-0.05, 0) is 42.5 Å². The number of anilines is 4. The summed E-state index contributed by atoms with van der Waals surface area (Å²) >= 11 is 0. The van der Waals surface area contributed by atoms with Crippen molar-refractivity contribution in [3.05, 3.63) is 83.9 Å². The van der Waals surface area contributed by atoms with E-state index in [1.807, 2.05) is 0 Å². The highest BCUT2D eigenvalue weighted by molar-refractivity contribution is 5.96. The van der Waals surface area contributed by atoms with E-state index in [4.69, 9.17) is 0 Å². The van der Waals surface area contributed by atoms with Crippen LogP contribution in [0.3, 0.4) is 0 Å². The molecule has 0 amide bonds. The molecule has 3 rings (SSSR count). The summed E-state index contributed by atoms with van der Waals surface area (Å²) in [6.07, 6.45) is 0. The second kappa shape index (κ2) is 7.40. The van der Waals surface area contributed by atoms with Gasteiger partial charge in [-0.25, -0.2) is 9.59 Å². The van der Waals surface area contributed by atoms with E-state index in [1.165, 1.54) is 12.1 Å². The van der Waals surface area contributed by atoms with Gasteiger partial charge in [0, 0.05) is 11.4 Å². The van der Waals surface area contributed by atoms with E-state index >= 15 is 0 Å². The number of benzene rings is 3. The van der Waals surface area contributed by atoms with Gasteiger partial charge in [0.2, 0.25) is 0 Å². The maximum atomic E-state index is 11.3. The Balaban J connectivity index is 1.86. The molecular formula is C20H16N2O4. The number of hydrogen-bond donors (Lipinski definition) is 4. The predicted octanol–water partition coefficient (Wildman–Crippen LogP) is 4.57. The zero-order chi connectivity index (χ0) is 18.5. The fraction of sp³-hybridized carbons (Fsp3) is 0. The zero-order valence-electron chi connectivity index (χ0n) is 13.6. The second-order valence-electron chi connectivity index (χ2n) is 5.53. The first kappa shape index (κ1) is 17.0. The van der Waals surface area contributed by atoms with Crippen molar-refractivity contribution >= 4 is 34.7 Å². The average molecular weight is 348 g/mol. The van der Waals surface area contributed by atoms with Gasteiger partial charge in [-0.3, -0.25) is 0 Å². The topological polar surface area (TPSA) is 98.7 Å². The van der Waals surface area contributed by atoms with Gasteiger partial charge in [-0.1, -0.05) is 30.3 Å². The van der Waals surface area contributed by atoms with E-state index in [9.17, 15) is 19.8 Å². The Kier molecular flexibility index (Phi) is 4.85. The van der Waals surface area contributed by atoms with Gasteiger partial charge in [0.15, 0.2) is 0 Å². The molecule has 0 unspecified atom stereocenters. The summed E-state index contributed by atoms with van der Waals surface area (Å²) in [6, 6.07) is 20.4. The van der Waals surface area contributed by atoms with Gasteiger partial charge >= 0.3 is 11.9 Å². The number of carbonyl (C=O) groups is 2. The van der Waals surface area contributed by atoms with Gasteiger partial charge in [0.25, 0.3) is 0 Å². The Morgan fingerprint density at radius 1 is 0.615 bits per heavy atom. The standard InChI is InChI=1S/C20H16N2O4/c23-19(24)15-8-1-3-10-17(15)21-13-6-5-7-14(12-13)22-18-11-4-2-9-16(18)20(25)26/h1-12,21-22H,(H,23,24)(H,25,26). The lowest BCUT2D eigenvalue weighted by Gasteiger charge is -2.13. The van der Waals surface area contributed by atoms with Crippen LogP contribution in [0.5, 0.6) is 0 Å². The summed E-state index contributed by atoms with van der Waals surface area (Å²) < 4.78 is 0. The monoisotopic (exact) mass is 348 g/mol. The molecule has 6 heteroatoms. The molecule has 0 spiro atoms. The van der Waals surface area contributed by atoms with Crippen LogP contribution in [0.2, 0.25) is 0 Å². The lowest BCUT2D eigenvalue weighted by Crippen LogP contribution is -2.03. The first-order valence-corrected chi connectivity index (χ1v) is 7.83. The maximum absolute atomic E-state index is 11.3. The molecule has 0 aliphatic heterocycles. The van der Waals surface area contributed by atoms with E-state index in [0.717, 1.165) is 0 Å². The molecule has 130 valence electrons. The molecule has 0 atom stereocenters. The Morgan fingerprint density at radius 3 is 1.46 bits per heavy atom. The number of para-hydroxylation sites is 2. The molecule has 0 radical (unpaired) electrons. The molecule has 3 aromatic carbocycles. The Bertz CT molecular complexity index is 895. The van der Waals surface area contributed by atoms with Crippen molar-refractivity contribution in [3.63, 3.8) is 0 Å². The van der Waals surface area contributed by atoms with Crippen molar-refractivity contribution in [1.82, 2.24) is 0 Å². The zero-order valence-corrected chi connectivity index (χ0v) is 13.6. The van der Waals surface area contributed by atoms with Crippen LogP contribution >= 0.6 is 0 Å². The fourth-order valence-corrected chi connectivity index (χ4v) is 2.54. The van der Waals surface area contributed by atoms with Crippen LogP contribution in [-0.2, 0) is 0 Å². The summed E-state index contributed by atoms with van der Waals surface area (Å²) in [4.78, 5) is 22.6. The van der Waals surface area contributed by atoms with Crippen molar-refractivity contribution in [1.29, 1.82) is 0 Å². The van der Waals surface area contributed by atoms with Crippen LogP contribution in [0.15, 0.2) is 72.8 Å². The van der Waals surface area contributed by atoms with Crippen molar-refractivity contribution in [2.45, 2.75) is 0 Å². The summed E-state index contributed by atoms with van der Waals surface area (Å²) in [6.45, 7) is 0. The van der Waals surface area contributed by atoms with Crippen molar-refractivity contribution < 1.29 is 19.8 Å². The molecule has 0 saturated carbocycles. The van der Waals surface area contributed by atoms with Crippen LogP contribution in [0.1, 0.15) is 20.7 Å². The van der Waals surface area contributed by atoms with E-state index in [2.05, 4.69) is 10.6 Å².